The zero-order valence-electron chi connectivity index (χ0n) is 15.5. The lowest BCUT2D eigenvalue weighted by Gasteiger charge is -2.12. The second-order valence-electron chi connectivity index (χ2n) is 5.18. The first-order chi connectivity index (χ1) is 12.6. The summed E-state index contributed by atoms with van der Waals surface area (Å²) >= 11 is 0. The van der Waals surface area contributed by atoms with Gasteiger partial charge in [0.2, 0.25) is 0 Å². The van der Waals surface area contributed by atoms with Gasteiger partial charge in [-0.3, -0.25) is 4.79 Å². The minimum absolute atomic E-state index is 0.254. The molecule has 0 bridgehead atoms. The lowest BCUT2D eigenvalue weighted by molar-refractivity contribution is 0.104. The van der Waals surface area contributed by atoms with Crippen LogP contribution >= 0.6 is 0 Å². The minimum atomic E-state index is -0.254. The van der Waals surface area contributed by atoms with Crippen molar-refractivity contribution in [3.8, 4) is 28.7 Å². The van der Waals surface area contributed by atoms with E-state index in [1.165, 1.54) is 20.3 Å². The molecule has 0 spiro atoms. The van der Waals surface area contributed by atoms with Crippen molar-refractivity contribution in [2.24, 2.45) is 0 Å². The van der Waals surface area contributed by atoms with E-state index >= 15 is 0 Å². The van der Waals surface area contributed by atoms with E-state index in [1.807, 2.05) is 0 Å². The van der Waals surface area contributed by atoms with Gasteiger partial charge in [-0.15, -0.1) is 0 Å². The van der Waals surface area contributed by atoms with Crippen LogP contribution in [0.3, 0.4) is 0 Å². The number of allylic oxidation sites excluding steroid dienone is 1. The highest BCUT2D eigenvalue weighted by Crippen LogP contribution is 2.35. The first kappa shape index (κ1) is 19.2. The summed E-state index contributed by atoms with van der Waals surface area (Å²) in [5, 5.41) is 0. The van der Waals surface area contributed by atoms with Crippen LogP contribution in [0.4, 0.5) is 0 Å². The molecular formula is C20H22O6. The third-order valence-corrected chi connectivity index (χ3v) is 3.82. The molecule has 0 aliphatic heterocycles. The smallest absolute Gasteiger partial charge is 0.193 e. The van der Waals surface area contributed by atoms with E-state index in [1.54, 1.807) is 57.7 Å². The summed E-state index contributed by atoms with van der Waals surface area (Å²) < 4.78 is 26.5. The fourth-order valence-corrected chi connectivity index (χ4v) is 2.53. The molecule has 2 aromatic carbocycles. The summed E-state index contributed by atoms with van der Waals surface area (Å²) in [6.45, 7) is 0. The Kier molecular flexibility index (Phi) is 6.49. The van der Waals surface area contributed by atoms with Crippen molar-refractivity contribution in [1.82, 2.24) is 0 Å². The zero-order chi connectivity index (χ0) is 19.1. The van der Waals surface area contributed by atoms with Crippen LogP contribution in [-0.2, 0) is 0 Å². The van der Waals surface area contributed by atoms with Gasteiger partial charge in [0.1, 0.15) is 22.8 Å². The highest BCUT2D eigenvalue weighted by molar-refractivity contribution is 6.10. The molecule has 2 aromatic rings. The second kappa shape index (κ2) is 8.80. The van der Waals surface area contributed by atoms with E-state index in [4.69, 9.17) is 23.7 Å². The summed E-state index contributed by atoms with van der Waals surface area (Å²) in [5.41, 5.74) is 1.03. The molecule has 26 heavy (non-hydrogen) atoms. The lowest BCUT2D eigenvalue weighted by Crippen LogP contribution is -2.02. The largest absolute Gasteiger partial charge is 0.496 e. The van der Waals surface area contributed by atoms with E-state index in [2.05, 4.69) is 0 Å². The molecule has 0 aliphatic rings. The number of carbonyl (C=O) groups excluding carboxylic acids is 1. The Morgan fingerprint density at radius 2 is 1.23 bits per heavy atom. The second-order valence-corrected chi connectivity index (χ2v) is 5.18. The maximum Gasteiger partial charge on any atom is 0.193 e. The summed E-state index contributed by atoms with van der Waals surface area (Å²) in [7, 11) is 7.65. The number of carbonyl (C=O) groups is 1. The molecule has 0 unspecified atom stereocenters. The van der Waals surface area contributed by atoms with Crippen LogP contribution in [0.5, 0.6) is 28.7 Å². The maximum atomic E-state index is 12.7. The normalized spacial score (nSPS) is 10.5. The third kappa shape index (κ3) is 3.91. The van der Waals surface area contributed by atoms with Crippen LogP contribution in [-0.4, -0.2) is 41.3 Å². The van der Waals surface area contributed by atoms with E-state index < -0.39 is 0 Å². The van der Waals surface area contributed by atoms with Crippen molar-refractivity contribution in [3.63, 3.8) is 0 Å². The van der Waals surface area contributed by atoms with Crippen molar-refractivity contribution >= 4 is 11.9 Å². The average Bonchev–Trinajstić information content (AvgIpc) is 2.70. The number of rotatable bonds is 8. The third-order valence-electron chi connectivity index (χ3n) is 3.82. The molecule has 0 atom stereocenters. The molecule has 0 radical (unpaired) electrons. The first-order valence-corrected chi connectivity index (χ1v) is 7.83. The number of hydrogen-bond donors (Lipinski definition) is 0. The van der Waals surface area contributed by atoms with Crippen molar-refractivity contribution < 1.29 is 28.5 Å². The Morgan fingerprint density at radius 1 is 0.731 bits per heavy atom. The molecule has 2 rings (SSSR count). The predicted molar refractivity (Wildman–Crippen MR) is 99.0 cm³/mol. The first-order valence-electron chi connectivity index (χ1n) is 7.83. The SMILES string of the molecule is COc1cc(OC)c(OC)cc1/C=C/C(=O)c1c(OC)cccc1OC. The van der Waals surface area contributed by atoms with Gasteiger partial charge in [-0.2, -0.15) is 0 Å². The van der Waals surface area contributed by atoms with Crippen molar-refractivity contribution in [2.75, 3.05) is 35.5 Å². The number of methoxy groups -OCH3 is 5. The van der Waals surface area contributed by atoms with Crippen molar-refractivity contribution in [3.05, 3.63) is 47.5 Å². The van der Waals surface area contributed by atoms with Gasteiger partial charge in [-0.05, 0) is 30.4 Å². The molecule has 0 heterocycles. The Balaban J connectivity index is 2.43. The molecule has 0 aromatic heterocycles. The average molecular weight is 358 g/mol. The quantitative estimate of drug-likeness (QED) is 0.530. The lowest BCUT2D eigenvalue weighted by atomic mass is 10.1. The Labute approximate surface area is 152 Å². The van der Waals surface area contributed by atoms with Gasteiger partial charge < -0.3 is 23.7 Å². The van der Waals surface area contributed by atoms with Crippen LogP contribution in [0.2, 0.25) is 0 Å². The van der Waals surface area contributed by atoms with Crippen LogP contribution in [0.25, 0.3) is 6.08 Å². The molecule has 0 aliphatic carbocycles. The van der Waals surface area contributed by atoms with Gasteiger partial charge in [0.25, 0.3) is 0 Å². The molecule has 0 fully saturated rings. The molecule has 0 N–H and O–H groups in total. The molecule has 6 heteroatoms. The molecule has 0 saturated heterocycles. The van der Waals surface area contributed by atoms with Crippen molar-refractivity contribution in [2.45, 2.75) is 0 Å². The molecule has 6 nitrogen and oxygen atoms in total. The summed E-state index contributed by atoms with van der Waals surface area (Å²) in [5.74, 6) is 2.26. The van der Waals surface area contributed by atoms with Gasteiger partial charge in [0.05, 0.1) is 35.5 Å². The summed E-state index contributed by atoms with van der Waals surface area (Å²) in [4.78, 5) is 12.7. The van der Waals surface area contributed by atoms with Crippen LogP contribution in [0.15, 0.2) is 36.4 Å². The zero-order valence-corrected chi connectivity index (χ0v) is 15.5. The van der Waals surface area contributed by atoms with Gasteiger partial charge >= 0.3 is 0 Å². The van der Waals surface area contributed by atoms with Crippen LogP contribution in [0, 0.1) is 0 Å². The highest BCUT2D eigenvalue weighted by Gasteiger charge is 2.16. The Bertz CT molecular complexity index is 788. The fraction of sp³-hybridized carbons (Fsp3) is 0.250. The standard InChI is InChI=1S/C20H22O6/c1-22-15-7-6-8-16(23-2)20(15)14(21)10-9-13-11-18(25-4)19(26-5)12-17(13)24-3/h6-12H,1-5H3/b10-9+. The maximum absolute atomic E-state index is 12.7. The number of ketones is 1. The molecule has 0 saturated carbocycles. The number of ether oxygens (including phenoxy) is 5. The van der Waals surface area contributed by atoms with E-state index in [-0.39, 0.29) is 5.78 Å². The van der Waals surface area contributed by atoms with Gasteiger partial charge in [0.15, 0.2) is 17.3 Å². The monoisotopic (exact) mass is 358 g/mol. The fourth-order valence-electron chi connectivity index (χ4n) is 2.53. The van der Waals surface area contributed by atoms with Gasteiger partial charge in [-0.1, -0.05) is 6.07 Å². The topological polar surface area (TPSA) is 63.2 Å². The predicted octanol–water partition coefficient (Wildman–Crippen LogP) is 3.63. The van der Waals surface area contributed by atoms with Crippen LogP contribution in [0.1, 0.15) is 15.9 Å². The summed E-state index contributed by atoms with van der Waals surface area (Å²) in [6.07, 6.45) is 3.08. The Morgan fingerprint density at radius 3 is 1.73 bits per heavy atom. The Hall–Kier alpha value is -3.15. The summed E-state index contributed by atoms with van der Waals surface area (Å²) in [6, 6.07) is 8.62. The van der Waals surface area contributed by atoms with Crippen LogP contribution < -0.4 is 23.7 Å². The van der Waals surface area contributed by atoms with E-state index in [0.29, 0.717) is 39.9 Å². The highest BCUT2D eigenvalue weighted by atomic mass is 16.5. The van der Waals surface area contributed by atoms with E-state index in [0.717, 1.165) is 0 Å². The molecular weight excluding hydrogens is 336 g/mol. The van der Waals surface area contributed by atoms with Crippen molar-refractivity contribution in [1.29, 1.82) is 0 Å². The number of hydrogen-bond acceptors (Lipinski definition) is 6. The van der Waals surface area contributed by atoms with Gasteiger partial charge in [0, 0.05) is 11.6 Å². The minimum Gasteiger partial charge on any atom is -0.496 e. The van der Waals surface area contributed by atoms with E-state index in [9.17, 15) is 4.79 Å². The molecule has 138 valence electrons. The van der Waals surface area contributed by atoms with Gasteiger partial charge in [-0.25, -0.2) is 0 Å². The molecule has 0 amide bonds. The number of benzene rings is 2.